The van der Waals surface area contributed by atoms with Crippen LogP contribution in [0.1, 0.15) is 29.5 Å². The highest BCUT2D eigenvalue weighted by Crippen LogP contribution is 2.45. The van der Waals surface area contributed by atoms with Gasteiger partial charge in [0.2, 0.25) is 0 Å². The monoisotopic (exact) mass is 496 g/mol. The second-order valence-corrected chi connectivity index (χ2v) is 9.89. The number of rotatable bonds is 8. The molecule has 0 bridgehead atoms. The molecule has 0 unspecified atom stereocenters. The molecule has 186 valence electrons. The van der Waals surface area contributed by atoms with Gasteiger partial charge < -0.3 is 14.7 Å². The third-order valence-electron chi connectivity index (χ3n) is 7.69. The summed E-state index contributed by atoms with van der Waals surface area (Å²) in [6, 6.07) is 45.6. The van der Waals surface area contributed by atoms with Crippen LogP contribution in [0.3, 0.4) is 0 Å². The summed E-state index contributed by atoms with van der Waals surface area (Å²) in [5.74, 6) is 0. The maximum Gasteiger partial charge on any atom is 0.633 e. The zero-order valence-electron chi connectivity index (χ0n) is 21.1. The normalized spacial score (nSPS) is 11.8. The Kier molecular flexibility index (Phi) is 6.69. The van der Waals surface area contributed by atoms with Gasteiger partial charge in [-0.3, -0.25) is 0 Å². The highest BCUT2D eigenvalue weighted by Gasteiger charge is 2.36. The van der Waals surface area contributed by atoms with Crippen LogP contribution in [0.25, 0.3) is 32.3 Å². The molecular formula is C34H29BO3. The van der Waals surface area contributed by atoms with E-state index in [1.54, 1.807) is 0 Å². The fourth-order valence-electron chi connectivity index (χ4n) is 5.82. The summed E-state index contributed by atoms with van der Waals surface area (Å²) in [5.41, 5.74) is 3.12. The standard InChI is InChI=1S/C34H29BO3/c36-35(37)38-21-7-20-34(31-17-14-25-8-1-4-11-28(25)22-31,32-18-15-26-9-2-5-12-29(26)23-32)33-19-16-27-10-3-6-13-30(27)24-33/h1-6,8-19,22-24,36-37H,7,20-21H2. The predicted molar refractivity (Wildman–Crippen MR) is 157 cm³/mol. The largest absolute Gasteiger partial charge is 0.633 e. The summed E-state index contributed by atoms with van der Waals surface area (Å²) < 4.78 is 5.17. The first-order valence-electron chi connectivity index (χ1n) is 13.1. The van der Waals surface area contributed by atoms with Crippen LogP contribution in [-0.4, -0.2) is 24.0 Å². The summed E-state index contributed by atoms with van der Waals surface area (Å²) in [6.07, 6.45) is 1.37. The van der Waals surface area contributed by atoms with Gasteiger partial charge in [0.1, 0.15) is 0 Å². The Bertz CT molecular complexity index is 1530. The molecule has 0 aliphatic heterocycles. The van der Waals surface area contributed by atoms with Crippen molar-refractivity contribution < 1.29 is 14.7 Å². The Morgan fingerprint density at radius 1 is 0.500 bits per heavy atom. The van der Waals surface area contributed by atoms with E-state index in [4.69, 9.17) is 4.65 Å². The highest BCUT2D eigenvalue weighted by atomic mass is 16.6. The maximum absolute atomic E-state index is 9.32. The van der Waals surface area contributed by atoms with Crippen molar-refractivity contribution in [2.45, 2.75) is 18.3 Å². The molecule has 0 saturated heterocycles. The molecule has 0 fully saturated rings. The van der Waals surface area contributed by atoms with E-state index in [1.807, 2.05) is 0 Å². The molecule has 0 spiro atoms. The Labute approximate surface area is 223 Å². The molecule has 0 atom stereocenters. The Balaban J connectivity index is 1.62. The molecule has 0 amide bonds. The fourth-order valence-corrected chi connectivity index (χ4v) is 5.82. The summed E-state index contributed by atoms with van der Waals surface area (Å²) in [4.78, 5) is 0. The van der Waals surface area contributed by atoms with Crippen molar-refractivity contribution in [3.05, 3.63) is 144 Å². The lowest BCUT2D eigenvalue weighted by Gasteiger charge is -2.37. The van der Waals surface area contributed by atoms with Gasteiger partial charge in [-0.25, -0.2) is 0 Å². The molecule has 0 aliphatic carbocycles. The molecule has 0 radical (unpaired) electrons. The summed E-state index contributed by atoms with van der Waals surface area (Å²) >= 11 is 0. The molecule has 6 rings (SSSR count). The van der Waals surface area contributed by atoms with Crippen LogP contribution in [0.2, 0.25) is 0 Å². The first-order valence-corrected chi connectivity index (χ1v) is 13.1. The number of fused-ring (bicyclic) bond motifs is 3. The number of hydrogen-bond acceptors (Lipinski definition) is 3. The SMILES string of the molecule is OB(O)OCCCC(c1ccc2ccccc2c1)(c1ccc2ccccc2c1)c1ccc2ccccc2c1. The zero-order chi connectivity index (χ0) is 26.0. The van der Waals surface area contributed by atoms with E-state index in [0.29, 0.717) is 6.42 Å². The van der Waals surface area contributed by atoms with Gasteiger partial charge in [-0.05, 0) is 80.0 Å². The molecule has 0 aromatic heterocycles. The maximum atomic E-state index is 9.32. The molecule has 6 aromatic rings. The molecule has 6 aromatic carbocycles. The van der Waals surface area contributed by atoms with Crippen molar-refractivity contribution in [1.82, 2.24) is 0 Å². The number of benzene rings is 6. The third-order valence-corrected chi connectivity index (χ3v) is 7.69. The highest BCUT2D eigenvalue weighted by molar-refractivity contribution is 6.32. The minimum absolute atomic E-state index is 0.244. The lowest BCUT2D eigenvalue weighted by molar-refractivity contribution is 0.179. The van der Waals surface area contributed by atoms with Gasteiger partial charge >= 0.3 is 7.32 Å². The van der Waals surface area contributed by atoms with Crippen LogP contribution < -0.4 is 0 Å². The van der Waals surface area contributed by atoms with Crippen molar-refractivity contribution in [3.63, 3.8) is 0 Å². The minimum Gasteiger partial charge on any atom is -0.402 e. The van der Waals surface area contributed by atoms with E-state index in [2.05, 4.69) is 127 Å². The average molecular weight is 496 g/mol. The fraction of sp³-hybridized carbons (Fsp3) is 0.118. The topological polar surface area (TPSA) is 49.7 Å². The average Bonchev–Trinajstić information content (AvgIpc) is 2.96. The van der Waals surface area contributed by atoms with Crippen LogP contribution >= 0.6 is 0 Å². The molecule has 0 aliphatic rings. The second kappa shape index (κ2) is 10.4. The van der Waals surface area contributed by atoms with Crippen LogP contribution in [0.5, 0.6) is 0 Å². The summed E-state index contributed by atoms with van der Waals surface area (Å²) in [6.45, 7) is 0.244. The lowest BCUT2D eigenvalue weighted by atomic mass is 9.66. The van der Waals surface area contributed by atoms with Gasteiger partial charge in [0.25, 0.3) is 0 Å². The van der Waals surface area contributed by atoms with E-state index < -0.39 is 12.7 Å². The first-order chi connectivity index (χ1) is 18.6. The van der Waals surface area contributed by atoms with Gasteiger partial charge in [0, 0.05) is 12.0 Å². The molecule has 0 saturated carbocycles. The van der Waals surface area contributed by atoms with Crippen LogP contribution in [0, 0.1) is 0 Å². The van der Waals surface area contributed by atoms with Crippen LogP contribution in [0.4, 0.5) is 0 Å². The van der Waals surface area contributed by atoms with Crippen LogP contribution in [0.15, 0.2) is 127 Å². The molecule has 3 nitrogen and oxygen atoms in total. The summed E-state index contributed by atoms with van der Waals surface area (Å²) in [5, 5.41) is 25.8. The Morgan fingerprint density at radius 2 is 0.868 bits per heavy atom. The van der Waals surface area contributed by atoms with E-state index in [9.17, 15) is 10.0 Å². The van der Waals surface area contributed by atoms with E-state index in [0.717, 1.165) is 6.42 Å². The third kappa shape index (κ3) is 4.59. The Morgan fingerprint density at radius 3 is 1.24 bits per heavy atom. The van der Waals surface area contributed by atoms with Crippen LogP contribution in [-0.2, 0) is 10.1 Å². The van der Waals surface area contributed by atoms with Crippen molar-refractivity contribution in [3.8, 4) is 0 Å². The zero-order valence-corrected chi connectivity index (χ0v) is 21.1. The Hall–Kier alpha value is -3.96. The van der Waals surface area contributed by atoms with E-state index in [-0.39, 0.29) is 6.61 Å². The lowest BCUT2D eigenvalue weighted by Crippen LogP contribution is -2.30. The molecule has 38 heavy (non-hydrogen) atoms. The smallest absolute Gasteiger partial charge is 0.402 e. The summed E-state index contributed by atoms with van der Waals surface area (Å²) in [7, 11) is -1.77. The molecule has 4 heteroatoms. The minimum atomic E-state index is -1.77. The molecular weight excluding hydrogens is 467 g/mol. The quantitative estimate of drug-likeness (QED) is 0.133. The van der Waals surface area contributed by atoms with Gasteiger partial charge in [0.05, 0.1) is 0 Å². The van der Waals surface area contributed by atoms with Gasteiger partial charge in [-0.15, -0.1) is 0 Å². The van der Waals surface area contributed by atoms with Crippen molar-refractivity contribution in [2.24, 2.45) is 0 Å². The number of hydrogen-bond donors (Lipinski definition) is 2. The van der Waals surface area contributed by atoms with Crippen molar-refractivity contribution in [2.75, 3.05) is 6.61 Å². The first kappa shape index (κ1) is 24.4. The van der Waals surface area contributed by atoms with Gasteiger partial charge in [-0.1, -0.05) is 109 Å². The van der Waals surface area contributed by atoms with E-state index in [1.165, 1.54) is 49.0 Å². The van der Waals surface area contributed by atoms with Gasteiger partial charge in [-0.2, -0.15) is 0 Å². The van der Waals surface area contributed by atoms with Gasteiger partial charge in [0.15, 0.2) is 0 Å². The predicted octanol–water partition coefficient (Wildman–Crippen LogP) is 7.25. The molecule has 2 N–H and O–H groups in total. The van der Waals surface area contributed by atoms with E-state index >= 15 is 0 Å². The molecule has 0 heterocycles. The van der Waals surface area contributed by atoms with Crippen molar-refractivity contribution >= 4 is 39.6 Å². The second-order valence-electron chi connectivity index (χ2n) is 9.89. The van der Waals surface area contributed by atoms with Crippen molar-refractivity contribution in [1.29, 1.82) is 0 Å².